The van der Waals surface area contributed by atoms with Crippen molar-refractivity contribution in [1.29, 1.82) is 0 Å². The highest BCUT2D eigenvalue weighted by Gasteiger charge is 2.48. The smallest absolute Gasteiger partial charge is 0.376 e. The van der Waals surface area contributed by atoms with Gasteiger partial charge in [0, 0.05) is 12.0 Å². The fourth-order valence-electron chi connectivity index (χ4n) is 2.41. The summed E-state index contributed by atoms with van der Waals surface area (Å²) >= 11 is 0. The van der Waals surface area contributed by atoms with E-state index in [4.69, 9.17) is 0 Å². The first-order valence-electron chi connectivity index (χ1n) is 4.73. The summed E-state index contributed by atoms with van der Waals surface area (Å²) in [6.45, 7) is 2.15. The number of hydrogen-bond acceptors (Lipinski definition) is 3. The molecule has 0 spiro atoms. The molecule has 3 atom stereocenters. The summed E-state index contributed by atoms with van der Waals surface area (Å²) in [4.78, 5) is 13.0. The van der Waals surface area contributed by atoms with Gasteiger partial charge >= 0.3 is 7.05 Å². The Morgan fingerprint density at radius 2 is 2.31 bits per heavy atom. The van der Waals surface area contributed by atoms with Gasteiger partial charge in [0.1, 0.15) is 0 Å². The number of fused-ring (bicyclic) bond motifs is 3. The Labute approximate surface area is 77.0 Å². The second kappa shape index (κ2) is 3.06. The minimum atomic E-state index is -1.37. The predicted molar refractivity (Wildman–Crippen MR) is 47.0 cm³/mol. The van der Waals surface area contributed by atoms with Crippen LogP contribution in [0.2, 0.25) is 6.82 Å². The second-order valence-corrected chi connectivity index (χ2v) is 3.97. The molecule has 13 heavy (non-hydrogen) atoms. The lowest BCUT2D eigenvalue weighted by Crippen LogP contribution is -2.63. The maximum atomic E-state index is 13.4. The molecule has 1 N–H and O–H groups in total. The van der Waals surface area contributed by atoms with Crippen molar-refractivity contribution in [2.24, 2.45) is 5.92 Å². The predicted octanol–water partition coefficient (Wildman–Crippen LogP) is 0.0981. The number of Topliss-reactive ketones (excluding diaryl/α,β-unsaturated/α-hetero) is 1. The first-order valence-corrected chi connectivity index (χ1v) is 4.73. The molecule has 2 heterocycles. The Balaban J connectivity index is 2.18. The Morgan fingerprint density at radius 1 is 1.62 bits per heavy atom. The zero-order valence-electron chi connectivity index (χ0n) is 7.61. The highest BCUT2D eigenvalue weighted by atomic mass is 19.1. The van der Waals surface area contributed by atoms with E-state index >= 15 is 0 Å². The summed E-state index contributed by atoms with van der Waals surface area (Å²) in [5, 5.41) is 9.35. The molecule has 3 fully saturated rings. The van der Waals surface area contributed by atoms with Gasteiger partial charge in [-0.2, -0.15) is 0 Å². The van der Waals surface area contributed by atoms with Crippen molar-refractivity contribution < 1.29 is 14.2 Å². The maximum absolute atomic E-state index is 13.4. The number of piperidine rings is 2. The average Bonchev–Trinajstić information content (AvgIpc) is 2.12. The largest absolute Gasteiger partial charge is 0.437 e. The number of hydrogen-bond donors (Lipinski definition) is 1. The molecule has 0 aromatic carbocycles. The van der Waals surface area contributed by atoms with Crippen LogP contribution in [0.1, 0.15) is 12.8 Å². The summed E-state index contributed by atoms with van der Waals surface area (Å²) in [6.07, 6.45) is 0.109. The van der Waals surface area contributed by atoms with E-state index in [1.807, 2.05) is 0 Å². The van der Waals surface area contributed by atoms with Gasteiger partial charge in [0.25, 0.3) is 0 Å². The van der Waals surface area contributed by atoms with Crippen molar-refractivity contribution in [2.75, 3.05) is 6.54 Å². The van der Waals surface area contributed by atoms with Gasteiger partial charge in [0.05, 0.1) is 0 Å². The van der Waals surface area contributed by atoms with E-state index in [2.05, 4.69) is 0 Å². The van der Waals surface area contributed by atoms with Crippen LogP contribution in [0.15, 0.2) is 0 Å². The van der Waals surface area contributed by atoms with E-state index in [9.17, 15) is 14.2 Å². The summed E-state index contributed by atoms with van der Waals surface area (Å²) in [7, 11) is -0.640. The summed E-state index contributed by atoms with van der Waals surface area (Å²) in [6, 6.07) is -0.377. The van der Waals surface area contributed by atoms with E-state index in [-0.39, 0.29) is 17.7 Å². The highest BCUT2D eigenvalue weighted by Crippen LogP contribution is 2.34. The van der Waals surface area contributed by atoms with Crippen LogP contribution in [0.4, 0.5) is 4.39 Å². The van der Waals surface area contributed by atoms with Crippen molar-refractivity contribution in [3.63, 3.8) is 0 Å². The quantitative estimate of drug-likeness (QED) is 0.589. The number of nitrogens with zero attached hydrogens (tertiary/aromatic N) is 1. The van der Waals surface area contributed by atoms with Gasteiger partial charge in [0.2, 0.25) is 0 Å². The molecular formula is C8H13BFNO2. The molecule has 72 valence electrons. The molecule has 5 heteroatoms. The molecule has 2 saturated heterocycles. The fourth-order valence-corrected chi connectivity index (χ4v) is 2.41. The van der Waals surface area contributed by atoms with E-state index in [0.717, 1.165) is 6.42 Å². The third-order valence-electron chi connectivity index (χ3n) is 3.16. The van der Waals surface area contributed by atoms with E-state index in [1.54, 1.807) is 11.6 Å². The minimum absolute atomic E-state index is 0.186. The first kappa shape index (κ1) is 9.15. The van der Waals surface area contributed by atoms with E-state index in [1.165, 1.54) is 0 Å². The molecule has 0 aromatic rings. The minimum Gasteiger partial charge on any atom is -0.437 e. The van der Waals surface area contributed by atoms with Gasteiger partial charge in [-0.15, -0.1) is 0 Å². The van der Waals surface area contributed by atoms with Crippen LogP contribution in [-0.4, -0.2) is 41.4 Å². The average molecular weight is 185 g/mol. The van der Waals surface area contributed by atoms with Crippen molar-refractivity contribution in [1.82, 2.24) is 4.81 Å². The topological polar surface area (TPSA) is 40.5 Å². The molecule has 2 aliphatic heterocycles. The van der Waals surface area contributed by atoms with Gasteiger partial charge in [-0.3, -0.25) is 4.79 Å². The Morgan fingerprint density at radius 3 is 2.85 bits per heavy atom. The van der Waals surface area contributed by atoms with Gasteiger partial charge in [0.15, 0.2) is 12.0 Å². The molecular weight excluding hydrogens is 172 g/mol. The summed E-state index contributed by atoms with van der Waals surface area (Å²) in [5.74, 6) is -0.442. The van der Waals surface area contributed by atoms with Crippen molar-refractivity contribution in [3.05, 3.63) is 0 Å². The standard InChI is InChI=1S/C8H13BFNO2/c1-9(13)11-4-5-2-3-6(11)7(10)8(5)12/h5-7,13H,2-4H2,1H3/t5?,6?,7-/m1/s1. The fraction of sp³-hybridized carbons (Fsp3) is 0.875. The van der Waals surface area contributed by atoms with Crippen LogP contribution >= 0.6 is 0 Å². The molecule has 0 amide bonds. The van der Waals surface area contributed by atoms with Gasteiger partial charge in [-0.05, 0) is 26.2 Å². The number of alkyl halides is 1. The molecule has 2 bridgehead atoms. The normalized spacial score (nSPS) is 39.6. The van der Waals surface area contributed by atoms with Crippen molar-refractivity contribution in [3.8, 4) is 0 Å². The first-order chi connectivity index (χ1) is 6.11. The van der Waals surface area contributed by atoms with E-state index in [0.29, 0.717) is 13.0 Å². The summed E-state index contributed by atoms with van der Waals surface area (Å²) < 4.78 is 13.4. The zero-order chi connectivity index (χ0) is 9.59. The molecule has 3 rings (SSSR count). The molecule has 0 aromatic heterocycles. The number of carbonyl (C=O) groups excluding carboxylic acids is 1. The Hall–Kier alpha value is -0.415. The summed E-state index contributed by atoms with van der Waals surface area (Å²) in [5.41, 5.74) is 0. The molecule has 1 saturated carbocycles. The van der Waals surface area contributed by atoms with Crippen LogP contribution in [0.25, 0.3) is 0 Å². The molecule has 3 aliphatic rings. The van der Waals surface area contributed by atoms with Crippen molar-refractivity contribution >= 4 is 12.8 Å². The van der Waals surface area contributed by atoms with Crippen LogP contribution < -0.4 is 0 Å². The van der Waals surface area contributed by atoms with Gasteiger partial charge < -0.3 is 9.83 Å². The SMILES string of the molecule is CB(O)N1CC2CCC1[C@@H](F)C2=O. The monoisotopic (exact) mass is 185 g/mol. The van der Waals surface area contributed by atoms with Gasteiger partial charge in [-0.1, -0.05) is 0 Å². The lowest BCUT2D eigenvalue weighted by molar-refractivity contribution is -0.138. The number of rotatable bonds is 1. The van der Waals surface area contributed by atoms with Crippen molar-refractivity contribution in [2.45, 2.75) is 31.9 Å². The van der Waals surface area contributed by atoms with Crippen LogP contribution in [0.5, 0.6) is 0 Å². The number of carbonyl (C=O) groups is 1. The maximum Gasteiger partial charge on any atom is 0.376 e. The third-order valence-corrected chi connectivity index (χ3v) is 3.16. The zero-order valence-corrected chi connectivity index (χ0v) is 7.61. The van der Waals surface area contributed by atoms with Crippen LogP contribution in [0, 0.1) is 5.92 Å². The lowest BCUT2D eigenvalue weighted by atomic mass is 9.70. The molecule has 2 unspecified atom stereocenters. The molecule has 3 nitrogen and oxygen atoms in total. The molecule has 0 radical (unpaired) electrons. The highest BCUT2D eigenvalue weighted by molar-refractivity contribution is 6.45. The second-order valence-electron chi connectivity index (χ2n) is 3.97. The molecule has 1 aliphatic carbocycles. The Kier molecular flexibility index (Phi) is 2.16. The van der Waals surface area contributed by atoms with Crippen LogP contribution in [0.3, 0.4) is 0 Å². The lowest BCUT2D eigenvalue weighted by Gasteiger charge is -2.46. The van der Waals surface area contributed by atoms with Crippen LogP contribution in [-0.2, 0) is 4.79 Å². The third kappa shape index (κ3) is 1.30. The number of ketones is 1. The Bertz CT molecular complexity index is 232. The van der Waals surface area contributed by atoms with E-state index < -0.39 is 13.2 Å². The van der Waals surface area contributed by atoms with Gasteiger partial charge in [-0.25, -0.2) is 4.39 Å². The number of halogens is 1.